The second-order valence-corrected chi connectivity index (χ2v) is 9.10. The number of nitrogens with zero attached hydrogens (tertiary/aromatic N) is 6. The normalized spacial score (nSPS) is 17.5. The number of anilines is 2. The fourth-order valence-electron chi connectivity index (χ4n) is 4.69. The fraction of sp³-hybridized carbons (Fsp3) is 0.440. The van der Waals surface area contributed by atoms with E-state index in [-0.39, 0.29) is 23.6 Å². The maximum absolute atomic E-state index is 14.9. The quantitative estimate of drug-likeness (QED) is 0.601. The van der Waals surface area contributed by atoms with Crippen molar-refractivity contribution in [1.82, 2.24) is 29.3 Å². The summed E-state index contributed by atoms with van der Waals surface area (Å²) >= 11 is 0. The number of amides is 1. The van der Waals surface area contributed by atoms with Crippen molar-refractivity contribution in [2.45, 2.75) is 25.8 Å². The number of benzene rings is 1. The van der Waals surface area contributed by atoms with Gasteiger partial charge in [0.15, 0.2) is 5.82 Å². The lowest BCUT2D eigenvalue weighted by Crippen LogP contribution is -2.47. The highest BCUT2D eigenvalue weighted by Crippen LogP contribution is 2.31. The van der Waals surface area contributed by atoms with Gasteiger partial charge in [-0.25, -0.2) is 19.3 Å². The average Bonchev–Trinajstić information content (AvgIpc) is 3.27. The van der Waals surface area contributed by atoms with Gasteiger partial charge in [0.05, 0.1) is 18.1 Å². The molecule has 5 rings (SSSR count). The van der Waals surface area contributed by atoms with Crippen molar-refractivity contribution >= 4 is 17.5 Å². The molecular weight excluding hydrogens is 449 g/mol. The first kappa shape index (κ1) is 23.4. The zero-order valence-corrected chi connectivity index (χ0v) is 20.1. The highest BCUT2D eigenvalue weighted by molar-refractivity contribution is 5.95. The second-order valence-electron chi connectivity index (χ2n) is 9.10. The molecule has 1 amide bonds. The number of ether oxygens (including phenoxy) is 1. The van der Waals surface area contributed by atoms with Crippen LogP contribution in [0, 0.1) is 12.7 Å². The van der Waals surface area contributed by atoms with Crippen molar-refractivity contribution < 1.29 is 13.9 Å². The van der Waals surface area contributed by atoms with Gasteiger partial charge in [-0.3, -0.25) is 4.79 Å². The van der Waals surface area contributed by atoms with Gasteiger partial charge in [0.1, 0.15) is 11.5 Å². The van der Waals surface area contributed by atoms with Gasteiger partial charge in [0.25, 0.3) is 5.91 Å². The summed E-state index contributed by atoms with van der Waals surface area (Å²) < 4.78 is 22.4. The van der Waals surface area contributed by atoms with Crippen LogP contribution in [0.2, 0.25) is 0 Å². The minimum absolute atomic E-state index is 0.00157. The molecule has 0 spiro atoms. The van der Waals surface area contributed by atoms with Crippen molar-refractivity contribution in [3.8, 4) is 11.4 Å². The van der Waals surface area contributed by atoms with E-state index in [4.69, 9.17) is 4.74 Å². The maximum Gasteiger partial charge on any atom is 0.254 e. The van der Waals surface area contributed by atoms with Crippen LogP contribution in [-0.2, 0) is 4.74 Å². The summed E-state index contributed by atoms with van der Waals surface area (Å²) in [5, 5.41) is 3.13. The summed E-state index contributed by atoms with van der Waals surface area (Å²) in [7, 11) is 2.06. The molecule has 4 heterocycles. The number of nitrogens with one attached hydrogen (secondary N) is 1. The summed E-state index contributed by atoms with van der Waals surface area (Å²) in [6.07, 6.45) is 4.52. The average molecular weight is 480 g/mol. The number of aromatic nitrogens is 4. The summed E-state index contributed by atoms with van der Waals surface area (Å²) in [6, 6.07) is 7.43. The van der Waals surface area contributed by atoms with E-state index in [0.29, 0.717) is 43.2 Å². The Morgan fingerprint density at radius 3 is 2.66 bits per heavy atom. The van der Waals surface area contributed by atoms with E-state index in [1.54, 1.807) is 18.3 Å². The van der Waals surface area contributed by atoms with Crippen molar-refractivity contribution in [3.05, 3.63) is 53.9 Å². The first-order chi connectivity index (χ1) is 17.0. The van der Waals surface area contributed by atoms with Crippen molar-refractivity contribution in [2.24, 2.45) is 0 Å². The van der Waals surface area contributed by atoms with Crippen LogP contribution in [0.4, 0.5) is 16.0 Å². The highest BCUT2D eigenvalue weighted by atomic mass is 19.1. The van der Waals surface area contributed by atoms with Crippen molar-refractivity contribution in [3.63, 3.8) is 0 Å². The maximum atomic E-state index is 14.9. The molecule has 2 aliphatic heterocycles. The number of hydrogen-bond donors (Lipinski definition) is 1. The highest BCUT2D eigenvalue weighted by Gasteiger charge is 2.24. The lowest BCUT2D eigenvalue weighted by Gasteiger charge is -2.32. The standard InChI is InChI=1S/C25H30FN7O2/c1-17-27-16-22(33(17)20-6-12-35-13-7-20)23-21(26)15-28-25(30-23)29-19-5-3-4-18(14-19)24(34)32-10-8-31(2)9-11-32/h3-5,14-16,20H,6-13H2,1-2H3,(H,28,29,30). The summed E-state index contributed by atoms with van der Waals surface area (Å²) in [5.41, 5.74) is 2.07. The van der Waals surface area contributed by atoms with Gasteiger partial charge in [-0.2, -0.15) is 0 Å². The largest absolute Gasteiger partial charge is 0.381 e. The fourth-order valence-corrected chi connectivity index (χ4v) is 4.69. The first-order valence-corrected chi connectivity index (χ1v) is 12.0. The monoisotopic (exact) mass is 479 g/mol. The third-order valence-electron chi connectivity index (χ3n) is 6.68. The van der Waals surface area contributed by atoms with Gasteiger partial charge >= 0.3 is 0 Å². The molecule has 0 aliphatic carbocycles. The zero-order valence-electron chi connectivity index (χ0n) is 20.1. The molecule has 35 heavy (non-hydrogen) atoms. The van der Waals surface area contributed by atoms with Crippen LogP contribution in [0.15, 0.2) is 36.7 Å². The molecule has 9 nitrogen and oxygen atoms in total. The molecule has 0 atom stereocenters. The Kier molecular flexibility index (Phi) is 6.74. The molecule has 2 fully saturated rings. The number of aryl methyl sites for hydroxylation is 1. The molecule has 1 aromatic carbocycles. The molecule has 2 aliphatic rings. The topological polar surface area (TPSA) is 88.4 Å². The van der Waals surface area contributed by atoms with E-state index in [1.807, 2.05) is 28.5 Å². The predicted molar refractivity (Wildman–Crippen MR) is 130 cm³/mol. The summed E-state index contributed by atoms with van der Waals surface area (Å²) in [4.78, 5) is 30.1. The van der Waals surface area contributed by atoms with Crippen LogP contribution in [0.3, 0.4) is 0 Å². The Morgan fingerprint density at radius 1 is 1.11 bits per heavy atom. The van der Waals surface area contributed by atoms with Gasteiger partial charge in [0.2, 0.25) is 5.95 Å². The molecule has 3 aromatic rings. The third-order valence-corrected chi connectivity index (χ3v) is 6.68. The van der Waals surface area contributed by atoms with E-state index in [0.717, 1.165) is 31.8 Å². The van der Waals surface area contributed by atoms with E-state index < -0.39 is 5.82 Å². The molecule has 2 aromatic heterocycles. The first-order valence-electron chi connectivity index (χ1n) is 12.0. The number of hydrogen-bond acceptors (Lipinski definition) is 7. The minimum atomic E-state index is -0.511. The number of rotatable bonds is 5. The lowest BCUT2D eigenvalue weighted by atomic mass is 10.1. The smallest absolute Gasteiger partial charge is 0.254 e. The summed E-state index contributed by atoms with van der Waals surface area (Å²) in [6.45, 7) is 6.39. The Hall–Kier alpha value is -3.37. The van der Waals surface area contributed by atoms with Crippen LogP contribution >= 0.6 is 0 Å². The lowest BCUT2D eigenvalue weighted by molar-refractivity contribution is 0.0664. The van der Waals surface area contributed by atoms with Crippen LogP contribution in [0.25, 0.3) is 11.4 Å². The van der Waals surface area contributed by atoms with Gasteiger partial charge in [-0.05, 0) is 45.0 Å². The van der Waals surface area contributed by atoms with Gasteiger partial charge in [0, 0.05) is 56.7 Å². The van der Waals surface area contributed by atoms with Crippen LogP contribution in [0.1, 0.15) is 35.1 Å². The van der Waals surface area contributed by atoms with E-state index >= 15 is 0 Å². The third kappa shape index (κ3) is 5.03. The Balaban J connectivity index is 1.38. The molecule has 2 saturated heterocycles. The Morgan fingerprint density at radius 2 is 1.89 bits per heavy atom. The van der Waals surface area contributed by atoms with Gasteiger partial charge < -0.3 is 24.4 Å². The Labute approximate surface area is 204 Å². The van der Waals surface area contributed by atoms with Crippen LogP contribution < -0.4 is 5.32 Å². The Bertz CT molecular complexity index is 1200. The molecule has 0 saturated carbocycles. The molecule has 0 radical (unpaired) electrons. The SMILES string of the molecule is Cc1ncc(-c2nc(Nc3cccc(C(=O)N4CCN(C)CC4)c3)ncc2F)n1C1CCOCC1. The van der Waals surface area contributed by atoms with Crippen LogP contribution in [-0.4, -0.2) is 81.7 Å². The molecular formula is C25H30FN7O2. The number of imidazole rings is 1. The number of likely N-dealkylation sites (N-methyl/N-ethyl adjacent to an activating group) is 1. The number of carbonyl (C=O) groups is 1. The zero-order chi connectivity index (χ0) is 24.4. The molecule has 10 heteroatoms. The molecule has 1 N–H and O–H groups in total. The number of carbonyl (C=O) groups excluding carboxylic acids is 1. The van der Waals surface area contributed by atoms with Crippen LogP contribution in [0.5, 0.6) is 0 Å². The van der Waals surface area contributed by atoms with E-state index in [9.17, 15) is 9.18 Å². The van der Waals surface area contributed by atoms with Crippen molar-refractivity contribution in [1.29, 1.82) is 0 Å². The minimum Gasteiger partial charge on any atom is -0.381 e. The molecule has 184 valence electrons. The number of halogens is 1. The summed E-state index contributed by atoms with van der Waals surface area (Å²) in [5.74, 6) is 0.554. The molecule has 0 bridgehead atoms. The number of piperazine rings is 1. The van der Waals surface area contributed by atoms with Gasteiger partial charge in [-0.1, -0.05) is 6.07 Å². The van der Waals surface area contributed by atoms with Crippen molar-refractivity contribution in [2.75, 3.05) is 51.8 Å². The van der Waals surface area contributed by atoms with E-state index in [1.165, 1.54) is 6.20 Å². The second kappa shape index (κ2) is 10.1. The predicted octanol–water partition coefficient (Wildman–Crippen LogP) is 3.27. The van der Waals surface area contributed by atoms with E-state index in [2.05, 4.69) is 32.2 Å². The molecule has 0 unspecified atom stereocenters. The van der Waals surface area contributed by atoms with Gasteiger partial charge in [-0.15, -0.1) is 0 Å².